The van der Waals surface area contributed by atoms with Gasteiger partial charge in [0.15, 0.2) is 0 Å². The van der Waals surface area contributed by atoms with Crippen molar-refractivity contribution in [3.63, 3.8) is 0 Å². The number of benzene rings is 1. The molecule has 0 fully saturated rings. The highest BCUT2D eigenvalue weighted by Gasteiger charge is 2.09. The first-order valence-corrected chi connectivity index (χ1v) is 6.93. The van der Waals surface area contributed by atoms with Crippen LogP contribution >= 0.6 is 0 Å². The third-order valence-corrected chi connectivity index (χ3v) is 3.31. The van der Waals surface area contributed by atoms with Gasteiger partial charge in [0, 0.05) is 6.54 Å². The number of nitrogens with one attached hydrogen (secondary N) is 1. The van der Waals surface area contributed by atoms with Crippen LogP contribution < -0.4 is 5.32 Å². The van der Waals surface area contributed by atoms with Crippen LogP contribution in [-0.2, 0) is 0 Å². The van der Waals surface area contributed by atoms with Crippen molar-refractivity contribution < 1.29 is 0 Å². The van der Waals surface area contributed by atoms with Crippen molar-refractivity contribution in [2.24, 2.45) is 5.92 Å². The number of hydrogen-bond donors (Lipinski definition) is 1. The molecule has 0 aliphatic rings. The van der Waals surface area contributed by atoms with Gasteiger partial charge in [-0.15, -0.1) is 0 Å². The first kappa shape index (κ1) is 14.2. The van der Waals surface area contributed by atoms with Crippen molar-refractivity contribution in [1.29, 1.82) is 0 Å². The van der Waals surface area contributed by atoms with Crippen molar-refractivity contribution >= 4 is 0 Å². The first-order valence-electron chi connectivity index (χ1n) is 6.93. The predicted octanol–water partition coefficient (Wildman–Crippen LogP) is 4.21. The van der Waals surface area contributed by atoms with Gasteiger partial charge in [-0.2, -0.15) is 0 Å². The van der Waals surface area contributed by atoms with E-state index in [9.17, 15) is 0 Å². The van der Waals surface area contributed by atoms with Gasteiger partial charge in [-0.05, 0) is 30.9 Å². The Morgan fingerprint density at radius 2 is 1.65 bits per heavy atom. The summed E-state index contributed by atoms with van der Waals surface area (Å²) < 4.78 is 0. The maximum atomic E-state index is 3.32. The maximum absolute atomic E-state index is 3.32. The lowest BCUT2D eigenvalue weighted by Gasteiger charge is -2.17. The second-order valence-corrected chi connectivity index (χ2v) is 5.34. The monoisotopic (exact) mass is 233 g/mol. The Bertz CT molecular complexity index is 279. The lowest BCUT2D eigenvalue weighted by atomic mass is 9.92. The zero-order valence-corrected chi connectivity index (χ0v) is 11.6. The van der Waals surface area contributed by atoms with Gasteiger partial charge in [0.05, 0.1) is 0 Å². The maximum Gasteiger partial charge on any atom is 0.00171 e. The average Bonchev–Trinajstić information content (AvgIpc) is 2.34. The Morgan fingerprint density at radius 1 is 1.00 bits per heavy atom. The van der Waals surface area contributed by atoms with E-state index in [2.05, 4.69) is 49.5 Å². The largest absolute Gasteiger partial charge is 0.319 e. The highest BCUT2D eigenvalue weighted by Crippen LogP contribution is 2.22. The smallest absolute Gasteiger partial charge is 0.00171 e. The summed E-state index contributed by atoms with van der Waals surface area (Å²) in [6.45, 7) is 5.70. The molecular weight excluding hydrogens is 206 g/mol. The van der Waals surface area contributed by atoms with Crippen LogP contribution in [0.1, 0.15) is 51.0 Å². The van der Waals surface area contributed by atoms with E-state index in [1.54, 1.807) is 0 Å². The molecule has 0 aliphatic heterocycles. The molecule has 1 aromatic carbocycles. The van der Waals surface area contributed by atoms with Crippen LogP contribution in [0.15, 0.2) is 30.3 Å². The van der Waals surface area contributed by atoms with E-state index >= 15 is 0 Å². The van der Waals surface area contributed by atoms with Crippen molar-refractivity contribution in [2.75, 3.05) is 13.6 Å². The molecule has 0 heterocycles. The minimum atomic E-state index is 0.674. The summed E-state index contributed by atoms with van der Waals surface area (Å²) in [7, 11) is 2.05. The lowest BCUT2D eigenvalue weighted by Crippen LogP contribution is -2.17. The van der Waals surface area contributed by atoms with E-state index < -0.39 is 0 Å². The van der Waals surface area contributed by atoms with Gasteiger partial charge < -0.3 is 5.32 Å². The van der Waals surface area contributed by atoms with E-state index in [-0.39, 0.29) is 0 Å². The molecule has 1 rings (SSSR count). The summed E-state index contributed by atoms with van der Waals surface area (Å²) >= 11 is 0. The molecule has 0 radical (unpaired) electrons. The van der Waals surface area contributed by atoms with Crippen LogP contribution in [0.4, 0.5) is 0 Å². The van der Waals surface area contributed by atoms with Gasteiger partial charge in [0.1, 0.15) is 0 Å². The fraction of sp³-hybridized carbons (Fsp3) is 0.625. The van der Waals surface area contributed by atoms with Crippen molar-refractivity contribution in [2.45, 2.75) is 45.4 Å². The molecule has 0 saturated heterocycles. The Hall–Kier alpha value is -0.820. The first-order chi connectivity index (χ1) is 8.24. The Balaban J connectivity index is 2.39. The predicted molar refractivity (Wildman–Crippen MR) is 76.4 cm³/mol. The highest BCUT2D eigenvalue weighted by molar-refractivity contribution is 5.19. The van der Waals surface area contributed by atoms with E-state index in [1.807, 2.05) is 7.05 Å². The van der Waals surface area contributed by atoms with Gasteiger partial charge in [-0.25, -0.2) is 0 Å². The lowest BCUT2D eigenvalue weighted by molar-refractivity contribution is 0.491. The minimum Gasteiger partial charge on any atom is -0.319 e. The van der Waals surface area contributed by atoms with E-state index in [0.29, 0.717) is 5.92 Å². The van der Waals surface area contributed by atoms with E-state index in [4.69, 9.17) is 0 Å². The summed E-state index contributed by atoms with van der Waals surface area (Å²) in [6, 6.07) is 10.9. The number of rotatable bonds is 8. The molecule has 0 amide bonds. The molecular formula is C16H27N. The highest BCUT2D eigenvalue weighted by atomic mass is 14.8. The van der Waals surface area contributed by atoms with E-state index in [0.717, 1.165) is 12.5 Å². The standard InChI is InChI=1S/C16H27N/c1-14(2)9-7-8-12-16(13-17-3)15-10-5-4-6-11-15/h4-6,10-11,14,16-17H,7-9,12-13H2,1-3H3. The van der Waals surface area contributed by atoms with Gasteiger partial charge in [0.25, 0.3) is 0 Å². The molecule has 1 unspecified atom stereocenters. The average molecular weight is 233 g/mol. The van der Waals surface area contributed by atoms with Crippen LogP contribution in [0.3, 0.4) is 0 Å². The quantitative estimate of drug-likeness (QED) is 0.663. The van der Waals surface area contributed by atoms with Gasteiger partial charge in [0.2, 0.25) is 0 Å². The molecule has 17 heavy (non-hydrogen) atoms. The second-order valence-electron chi connectivity index (χ2n) is 5.34. The van der Waals surface area contributed by atoms with Crippen LogP contribution in [0, 0.1) is 5.92 Å². The van der Waals surface area contributed by atoms with Crippen molar-refractivity contribution in [3.05, 3.63) is 35.9 Å². The zero-order valence-electron chi connectivity index (χ0n) is 11.6. The summed E-state index contributed by atoms with van der Waals surface area (Å²) in [5.41, 5.74) is 1.48. The second kappa shape index (κ2) is 8.30. The molecule has 1 aromatic rings. The summed E-state index contributed by atoms with van der Waals surface area (Å²) in [5, 5.41) is 3.32. The topological polar surface area (TPSA) is 12.0 Å². The third-order valence-electron chi connectivity index (χ3n) is 3.31. The molecule has 0 spiro atoms. The molecule has 0 aliphatic carbocycles. The van der Waals surface area contributed by atoms with Crippen molar-refractivity contribution in [3.8, 4) is 0 Å². The molecule has 1 atom stereocenters. The van der Waals surface area contributed by atoms with Crippen LogP contribution in [0.5, 0.6) is 0 Å². The van der Waals surface area contributed by atoms with Gasteiger partial charge in [-0.1, -0.05) is 63.4 Å². The van der Waals surface area contributed by atoms with E-state index in [1.165, 1.54) is 31.2 Å². The van der Waals surface area contributed by atoms with Gasteiger partial charge >= 0.3 is 0 Å². The van der Waals surface area contributed by atoms with Crippen LogP contribution in [0.2, 0.25) is 0 Å². The number of likely N-dealkylation sites (N-methyl/N-ethyl adjacent to an activating group) is 1. The Morgan fingerprint density at radius 3 is 2.24 bits per heavy atom. The Kier molecular flexibility index (Phi) is 6.95. The van der Waals surface area contributed by atoms with Crippen LogP contribution in [0.25, 0.3) is 0 Å². The third kappa shape index (κ3) is 5.88. The molecule has 1 nitrogen and oxygen atoms in total. The fourth-order valence-electron chi connectivity index (χ4n) is 2.30. The normalized spacial score (nSPS) is 12.9. The summed E-state index contributed by atoms with van der Waals surface area (Å²) in [5.74, 6) is 1.52. The Labute approximate surface area is 107 Å². The molecule has 0 saturated carbocycles. The molecule has 0 bridgehead atoms. The number of unbranched alkanes of at least 4 members (excludes halogenated alkanes) is 1. The number of hydrogen-bond acceptors (Lipinski definition) is 1. The molecule has 96 valence electrons. The molecule has 1 heteroatoms. The van der Waals surface area contributed by atoms with Crippen LogP contribution in [-0.4, -0.2) is 13.6 Å². The molecule has 0 aromatic heterocycles. The fourth-order valence-corrected chi connectivity index (χ4v) is 2.30. The summed E-state index contributed by atoms with van der Waals surface area (Å²) in [4.78, 5) is 0. The SMILES string of the molecule is CNCC(CCCCC(C)C)c1ccccc1. The van der Waals surface area contributed by atoms with Gasteiger partial charge in [-0.3, -0.25) is 0 Å². The van der Waals surface area contributed by atoms with Crippen molar-refractivity contribution in [1.82, 2.24) is 5.32 Å². The minimum absolute atomic E-state index is 0.674. The zero-order chi connectivity index (χ0) is 12.5. The summed E-state index contributed by atoms with van der Waals surface area (Å²) in [6.07, 6.45) is 5.38. The molecule has 1 N–H and O–H groups in total.